The summed E-state index contributed by atoms with van der Waals surface area (Å²) in [5.74, 6) is 0.458. The van der Waals surface area contributed by atoms with E-state index in [1.54, 1.807) is 20.4 Å². The molecule has 1 N–H and O–H groups in total. The van der Waals surface area contributed by atoms with Gasteiger partial charge in [0.15, 0.2) is 0 Å². The van der Waals surface area contributed by atoms with Crippen LogP contribution in [0.15, 0.2) is 12.3 Å². The lowest BCUT2D eigenvalue weighted by Gasteiger charge is -2.26. The van der Waals surface area contributed by atoms with Crippen molar-refractivity contribution in [2.45, 2.75) is 38.2 Å². The summed E-state index contributed by atoms with van der Waals surface area (Å²) in [4.78, 5) is 16.7. The summed E-state index contributed by atoms with van der Waals surface area (Å²) in [6.07, 6.45) is 5.17. The van der Waals surface area contributed by atoms with Crippen molar-refractivity contribution in [1.29, 1.82) is 0 Å². The lowest BCUT2D eigenvalue weighted by atomic mass is 10.0. The molecule has 6 nitrogen and oxygen atoms in total. The molecule has 6 heteroatoms. The van der Waals surface area contributed by atoms with Crippen molar-refractivity contribution >= 4 is 11.6 Å². The normalized spacial score (nSPS) is 16.5. The Kier molecular flexibility index (Phi) is 5.74. The first kappa shape index (κ1) is 16.7. The van der Waals surface area contributed by atoms with Crippen LogP contribution in [0.3, 0.4) is 0 Å². The number of hydrogen-bond donors (Lipinski definition) is 1. The van der Waals surface area contributed by atoms with Gasteiger partial charge in [-0.15, -0.1) is 0 Å². The van der Waals surface area contributed by atoms with Gasteiger partial charge in [0.05, 0.1) is 18.5 Å². The second-order valence-corrected chi connectivity index (χ2v) is 5.55. The Hall–Kier alpha value is -1.66. The van der Waals surface area contributed by atoms with Gasteiger partial charge >= 0.3 is 0 Å². The summed E-state index contributed by atoms with van der Waals surface area (Å²) in [6, 6.07) is 1.85. The molecule has 0 spiro atoms. The van der Waals surface area contributed by atoms with E-state index >= 15 is 0 Å². The molecule has 1 aliphatic rings. The standard InChI is InChI=1S/C16H24N2O4/c1-12-10-13(11-17-14(12)22-9-8-20-2)18-15(19)16(21-3)6-4-5-7-16/h10-11H,4-9H2,1-3H3,(H,18,19). The molecule has 0 radical (unpaired) electrons. The molecule has 0 atom stereocenters. The number of aromatic nitrogens is 1. The number of nitrogens with one attached hydrogen (secondary N) is 1. The fourth-order valence-corrected chi connectivity index (χ4v) is 2.72. The number of amides is 1. The number of methoxy groups -OCH3 is 2. The van der Waals surface area contributed by atoms with E-state index in [9.17, 15) is 4.79 Å². The molecule has 0 bridgehead atoms. The van der Waals surface area contributed by atoms with Crippen LogP contribution in [0.4, 0.5) is 5.69 Å². The van der Waals surface area contributed by atoms with Gasteiger partial charge in [0.1, 0.15) is 12.2 Å². The molecular formula is C16H24N2O4. The Morgan fingerprint density at radius 1 is 1.32 bits per heavy atom. The zero-order valence-electron chi connectivity index (χ0n) is 13.5. The first-order valence-electron chi connectivity index (χ1n) is 7.56. The fraction of sp³-hybridized carbons (Fsp3) is 0.625. The number of pyridine rings is 1. The van der Waals surface area contributed by atoms with Gasteiger partial charge in [-0.2, -0.15) is 0 Å². The summed E-state index contributed by atoms with van der Waals surface area (Å²) >= 11 is 0. The third kappa shape index (κ3) is 3.75. The number of anilines is 1. The molecule has 1 aliphatic carbocycles. The van der Waals surface area contributed by atoms with Gasteiger partial charge in [-0.1, -0.05) is 0 Å². The minimum Gasteiger partial charge on any atom is -0.475 e. The highest BCUT2D eigenvalue weighted by molar-refractivity contribution is 5.97. The van der Waals surface area contributed by atoms with Gasteiger partial charge in [-0.05, 0) is 38.7 Å². The van der Waals surface area contributed by atoms with Gasteiger partial charge in [-0.3, -0.25) is 4.79 Å². The van der Waals surface area contributed by atoms with Crippen molar-refractivity contribution in [3.63, 3.8) is 0 Å². The number of hydrogen-bond acceptors (Lipinski definition) is 5. The Morgan fingerprint density at radius 3 is 2.64 bits per heavy atom. The topological polar surface area (TPSA) is 69.7 Å². The Bertz CT molecular complexity index is 513. The highest BCUT2D eigenvalue weighted by Crippen LogP contribution is 2.34. The van der Waals surface area contributed by atoms with Crippen LogP contribution in [0.25, 0.3) is 0 Å². The van der Waals surface area contributed by atoms with Crippen molar-refractivity contribution in [3.8, 4) is 5.88 Å². The lowest BCUT2D eigenvalue weighted by molar-refractivity contribution is -0.137. The number of nitrogens with zero attached hydrogens (tertiary/aromatic N) is 1. The lowest BCUT2D eigenvalue weighted by Crippen LogP contribution is -2.42. The quantitative estimate of drug-likeness (QED) is 0.783. The highest BCUT2D eigenvalue weighted by atomic mass is 16.5. The van der Waals surface area contributed by atoms with Crippen molar-refractivity contribution in [1.82, 2.24) is 4.98 Å². The molecule has 0 aliphatic heterocycles. The molecule has 1 saturated carbocycles. The second kappa shape index (κ2) is 7.56. The number of carbonyl (C=O) groups is 1. The van der Waals surface area contributed by atoms with Crippen LogP contribution in [-0.4, -0.2) is 43.9 Å². The molecule has 1 heterocycles. The van der Waals surface area contributed by atoms with Gasteiger partial charge in [0.25, 0.3) is 5.91 Å². The van der Waals surface area contributed by atoms with Gasteiger partial charge in [-0.25, -0.2) is 4.98 Å². The number of aryl methyl sites for hydroxylation is 1. The van der Waals surface area contributed by atoms with Crippen molar-refractivity contribution < 1.29 is 19.0 Å². The Labute approximate surface area is 131 Å². The van der Waals surface area contributed by atoms with Crippen LogP contribution >= 0.6 is 0 Å². The maximum absolute atomic E-state index is 12.5. The molecule has 122 valence electrons. The van der Waals surface area contributed by atoms with E-state index in [2.05, 4.69) is 10.3 Å². The van der Waals surface area contributed by atoms with Crippen LogP contribution < -0.4 is 10.1 Å². The largest absolute Gasteiger partial charge is 0.475 e. The summed E-state index contributed by atoms with van der Waals surface area (Å²) in [5.41, 5.74) is 0.832. The van der Waals surface area contributed by atoms with Crippen molar-refractivity contribution in [3.05, 3.63) is 17.8 Å². The van der Waals surface area contributed by atoms with Crippen LogP contribution in [-0.2, 0) is 14.3 Å². The number of ether oxygens (including phenoxy) is 3. The smallest absolute Gasteiger partial charge is 0.256 e. The monoisotopic (exact) mass is 308 g/mol. The first-order valence-corrected chi connectivity index (χ1v) is 7.56. The van der Waals surface area contributed by atoms with E-state index in [1.165, 1.54) is 0 Å². The fourth-order valence-electron chi connectivity index (χ4n) is 2.72. The average Bonchev–Trinajstić information content (AvgIpc) is 3.00. The maximum Gasteiger partial charge on any atom is 0.256 e. The average molecular weight is 308 g/mol. The zero-order valence-corrected chi connectivity index (χ0v) is 13.5. The van der Waals surface area contributed by atoms with Gasteiger partial charge in [0.2, 0.25) is 5.88 Å². The molecular weight excluding hydrogens is 284 g/mol. The van der Waals surface area contributed by atoms with E-state index in [-0.39, 0.29) is 5.91 Å². The van der Waals surface area contributed by atoms with Crippen LogP contribution in [0.1, 0.15) is 31.2 Å². The van der Waals surface area contributed by atoms with Crippen molar-refractivity contribution in [2.75, 3.05) is 32.8 Å². The van der Waals surface area contributed by atoms with Crippen molar-refractivity contribution in [2.24, 2.45) is 0 Å². The Balaban J connectivity index is 2.01. The maximum atomic E-state index is 12.5. The molecule has 0 unspecified atom stereocenters. The predicted octanol–water partition coefficient (Wildman–Crippen LogP) is 2.31. The minimum atomic E-state index is -0.693. The molecule has 1 fully saturated rings. The zero-order chi connectivity index (χ0) is 16.0. The third-order valence-electron chi connectivity index (χ3n) is 4.03. The SMILES string of the molecule is COCCOc1ncc(NC(=O)C2(OC)CCCC2)cc1C. The molecule has 22 heavy (non-hydrogen) atoms. The summed E-state index contributed by atoms with van der Waals surface area (Å²) < 4.78 is 15.9. The summed E-state index contributed by atoms with van der Waals surface area (Å²) in [7, 11) is 3.22. The molecule has 1 amide bonds. The van der Waals surface area contributed by atoms with E-state index in [4.69, 9.17) is 14.2 Å². The molecule has 1 aromatic rings. The second-order valence-electron chi connectivity index (χ2n) is 5.55. The first-order chi connectivity index (χ1) is 10.6. The van der Waals surface area contributed by atoms with E-state index in [0.717, 1.165) is 31.2 Å². The third-order valence-corrected chi connectivity index (χ3v) is 4.03. The van der Waals surface area contributed by atoms with Gasteiger partial charge in [0, 0.05) is 19.8 Å². The van der Waals surface area contributed by atoms with E-state index < -0.39 is 5.60 Å². The van der Waals surface area contributed by atoms with E-state index in [0.29, 0.717) is 24.8 Å². The van der Waals surface area contributed by atoms with Crippen LogP contribution in [0.5, 0.6) is 5.88 Å². The highest BCUT2D eigenvalue weighted by Gasteiger charge is 2.41. The molecule has 1 aromatic heterocycles. The molecule has 0 saturated heterocycles. The van der Waals surface area contributed by atoms with E-state index in [1.807, 2.05) is 13.0 Å². The molecule has 0 aromatic carbocycles. The summed E-state index contributed by atoms with van der Waals surface area (Å²) in [6.45, 7) is 2.85. The van der Waals surface area contributed by atoms with Crippen LogP contribution in [0, 0.1) is 6.92 Å². The van der Waals surface area contributed by atoms with Crippen LogP contribution in [0.2, 0.25) is 0 Å². The summed E-state index contributed by atoms with van der Waals surface area (Å²) in [5, 5.41) is 2.90. The Morgan fingerprint density at radius 2 is 2.05 bits per heavy atom. The minimum absolute atomic E-state index is 0.0956. The number of rotatable bonds is 7. The molecule has 2 rings (SSSR count). The predicted molar refractivity (Wildman–Crippen MR) is 83.2 cm³/mol. The number of carbonyl (C=O) groups excluding carboxylic acids is 1. The van der Waals surface area contributed by atoms with Gasteiger partial charge < -0.3 is 19.5 Å².